The topological polar surface area (TPSA) is 23.6 Å². The first-order valence-corrected chi connectivity index (χ1v) is 7.42. The largest absolute Gasteiger partial charge is 0.339 e. The van der Waals surface area contributed by atoms with Crippen LogP contribution >= 0.6 is 0 Å². The Kier molecular flexibility index (Phi) is 3.65. The lowest BCUT2D eigenvalue weighted by Crippen LogP contribution is -2.36. The molecule has 1 aliphatic rings. The van der Waals surface area contributed by atoms with Crippen LogP contribution in [0, 0.1) is 0 Å². The van der Waals surface area contributed by atoms with Crippen LogP contribution in [0.25, 0.3) is 0 Å². The second kappa shape index (κ2) is 5.60. The van der Waals surface area contributed by atoms with E-state index in [0.29, 0.717) is 13.0 Å². The lowest BCUT2D eigenvalue weighted by atomic mass is 10.2. The van der Waals surface area contributed by atoms with Crippen molar-refractivity contribution in [2.75, 3.05) is 16.3 Å². The highest BCUT2D eigenvalue weighted by Gasteiger charge is 2.28. The Labute approximate surface area is 125 Å². The Balaban J connectivity index is 2.13. The Hall–Kier alpha value is -2.29. The van der Waals surface area contributed by atoms with Crippen LogP contribution in [-0.2, 0) is 4.79 Å². The minimum absolute atomic E-state index is 0.161. The number of carbonyl (C=O) groups excluding carboxylic acids is 1. The van der Waals surface area contributed by atoms with Gasteiger partial charge in [0.1, 0.15) is 0 Å². The second-order valence-electron chi connectivity index (χ2n) is 5.58. The maximum Gasteiger partial charge on any atom is 0.229 e. The van der Waals surface area contributed by atoms with Gasteiger partial charge in [0, 0.05) is 24.7 Å². The van der Waals surface area contributed by atoms with E-state index in [1.807, 2.05) is 41.3 Å². The molecule has 0 unspecified atom stereocenters. The molecule has 1 amide bonds. The van der Waals surface area contributed by atoms with Gasteiger partial charge < -0.3 is 9.80 Å². The summed E-state index contributed by atoms with van der Waals surface area (Å²) in [6, 6.07) is 18.6. The van der Waals surface area contributed by atoms with Crippen molar-refractivity contribution >= 4 is 23.0 Å². The van der Waals surface area contributed by atoms with E-state index in [0.717, 1.165) is 17.1 Å². The van der Waals surface area contributed by atoms with E-state index in [1.54, 1.807) is 0 Å². The molecule has 0 atom stereocenters. The average molecular weight is 280 g/mol. The molecule has 0 saturated heterocycles. The molecule has 3 rings (SSSR count). The maximum absolute atomic E-state index is 12.5. The summed E-state index contributed by atoms with van der Waals surface area (Å²) in [7, 11) is 0. The molecule has 1 aliphatic heterocycles. The van der Waals surface area contributed by atoms with Crippen molar-refractivity contribution in [2.45, 2.75) is 26.3 Å². The van der Waals surface area contributed by atoms with Gasteiger partial charge in [-0.05, 0) is 38.1 Å². The molecule has 2 aromatic carbocycles. The van der Waals surface area contributed by atoms with Crippen molar-refractivity contribution in [1.82, 2.24) is 0 Å². The molecule has 0 aliphatic carbocycles. The van der Waals surface area contributed by atoms with Gasteiger partial charge >= 0.3 is 0 Å². The van der Waals surface area contributed by atoms with E-state index in [2.05, 4.69) is 36.9 Å². The lowest BCUT2D eigenvalue weighted by molar-refractivity contribution is -0.118. The summed E-state index contributed by atoms with van der Waals surface area (Å²) in [6.45, 7) is 4.84. The maximum atomic E-state index is 12.5. The Morgan fingerprint density at radius 2 is 1.52 bits per heavy atom. The van der Waals surface area contributed by atoms with Gasteiger partial charge in [-0.3, -0.25) is 4.79 Å². The number of fused-ring (bicyclic) bond motifs is 1. The molecule has 3 nitrogen and oxygen atoms in total. The summed E-state index contributed by atoms with van der Waals surface area (Å²) in [4.78, 5) is 16.6. The quantitative estimate of drug-likeness (QED) is 0.831. The average Bonchev–Trinajstić information content (AvgIpc) is 2.64. The zero-order valence-corrected chi connectivity index (χ0v) is 12.5. The van der Waals surface area contributed by atoms with Gasteiger partial charge in [0.2, 0.25) is 5.91 Å². The van der Waals surface area contributed by atoms with Crippen LogP contribution in [0.5, 0.6) is 0 Å². The first-order valence-electron chi connectivity index (χ1n) is 7.42. The summed E-state index contributed by atoms with van der Waals surface area (Å²) in [6.07, 6.45) is 0.530. The third-order valence-electron chi connectivity index (χ3n) is 3.83. The fraction of sp³-hybridized carbons (Fsp3) is 0.278. The van der Waals surface area contributed by atoms with Gasteiger partial charge in [0.05, 0.1) is 11.4 Å². The third kappa shape index (κ3) is 2.51. The van der Waals surface area contributed by atoms with Gasteiger partial charge in [-0.15, -0.1) is 0 Å². The SMILES string of the molecule is CC(C)N1C(=O)CCN(c2ccccc2)c2ccccc21. The Morgan fingerprint density at radius 3 is 2.19 bits per heavy atom. The monoisotopic (exact) mass is 280 g/mol. The van der Waals surface area contributed by atoms with Crippen LogP contribution in [0.1, 0.15) is 20.3 Å². The lowest BCUT2D eigenvalue weighted by Gasteiger charge is -2.29. The number of nitrogens with zero attached hydrogens (tertiary/aromatic N) is 2. The minimum atomic E-state index is 0.161. The highest BCUT2D eigenvalue weighted by Crippen LogP contribution is 2.37. The van der Waals surface area contributed by atoms with Crippen LogP contribution in [0.15, 0.2) is 54.6 Å². The molecule has 0 N–H and O–H groups in total. The van der Waals surface area contributed by atoms with E-state index >= 15 is 0 Å². The number of hydrogen-bond donors (Lipinski definition) is 0. The van der Waals surface area contributed by atoms with Crippen molar-refractivity contribution < 1.29 is 4.79 Å². The molecule has 108 valence electrons. The molecule has 0 bridgehead atoms. The third-order valence-corrected chi connectivity index (χ3v) is 3.83. The second-order valence-corrected chi connectivity index (χ2v) is 5.58. The zero-order valence-electron chi connectivity index (χ0n) is 12.5. The van der Waals surface area contributed by atoms with Gasteiger partial charge in [0.15, 0.2) is 0 Å². The van der Waals surface area contributed by atoms with Crippen molar-refractivity contribution in [1.29, 1.82) is 0 Å². The Bertz CT molecular complexity index is 637. The summed E-state index contributed by atoms with van der Waals surface area (Å²) in [5.74, 6) is 0.191. The van der Waals surface area contributed by atoms with Crippen LogP contribution in [-0.4, -0.2) is 18.5 Å². The summed E-state index contributed by atoms with van der Waals surface area (Å²) < 4.78 is 0. The standard InChI is InChI=1S/C18H20N2O/c1-14(2)20-17-11-7-6-10-16(17)19(13-12-18(20)21)15-8-4-3-5-9-15/h3-11,14H,12-13H2,1-2H3. The van der Waals surface area contributed by atoms with Crippen molar-refractivity contribution in [3.63, 3.8) is 0 Å². The molecule has 21 heavy (non-hydrogen) atoms. The highest BCUT2D eigenvalue weighted by atomic mass is 16.2. The van der Waals surface area contributed by atoms with E-state index in [4.69, 9.17) is 0 Å². The number of anilines is 3. The van der Waals surface area contributed by atoms with Gasteiger partial charge in [-0.2, -0.15) is 0 Å². The molecule has 0 aromatic heterocycles. The van der Waals surface area contributed by atoms with E-state index in [-0.39, 0.29) is 11.9 Å². The first kappa shape index (κ1) is 13.7. The number of para-hydroxylation sites is 3. The van der Waals surface area contributed by atoms with Crippen LogP contribution in [0.3, 0.4) is 0 Å². The van der Waals surface area contributed by atoms with Crippen LogP contribution in [0.2, 0.25) is 0 Å². The van der Waals surface area contributed by atoms with Gasteiger partial charge in [-0.1, -0.05) is 30.3 Å². The molecule has 0 fully saturated rings. The van der Waals surface area contributed by atoms with Gasteiger partial charge in [0.25, 0.3) is 0 Å². The fourth-order valence-electron chi connectivity index (χ4n) is 2.92. The first-order chi connectivity index (χ1) is 10.2. The summed E-state index contributed by atoms with van der Waals surface area (Å²) in [5, 5.41) is 0. The number of rotatable bonds is 2. The van der Waals surface area contributed by atoms with Crippen molar-refractivity contribution in [2.24, 2.45) is 0 Å². The smallest absolute Gasteiger partial charge is 0.229 e. The fourth-order valence-corrected chi connectivity index (χ4v) is 2.92. The number of hydrogen-bond acceptors (Lipinski definition) is 2. The highest BCUT2D eigenvalue weighted by molar-refractivity contribution is 6.00. The molecule has 0 saturated carbocycles. The zero-order chi connectivity index (χ0) is 14.8. The predicted molar refractivity (Wildman–Crippen MR) is 87.1 cm³/mol. The van der Waals surface area contributed by atoms with Crippen molar-refractivity contribution in [3.05, 3.63) is 54.6 Å². The normalized spacial score (nSPS) is 15.1. The molecule has 0 spiro atoms. The number of benzene rings is 2. The molecule has 0 radical (unpaired) electrons. The summed E-state index contributed by atoms with van der Waals surface area (Å²) >= 11 is 0. The molecule has 1 heterocycles. The van der Waals surface area contributed by atoms with E-state index in [1.165, 1.54) is 0 Å². The number of carbonyl (C=O) groups is 1. The van der Waals surface area contributed by atoms with E-state index < -0.39 is 0 Å². The molecule has 2 aromatic rings. The predicted octanol–water partition coefficient (Wildman–Crippen LogP) is 3.97. The van der Waals surface area contributed by atoms with Crippen LogP contribution < -0.4 is 9.80 Å². The summed E-state index contributed by atoms with van der Waals surface area (Å²) in [5.41, 5.74) is 3.23. The van der Waals surface area contributed by atoms with Crippen LogP contribution in [0.4, 0.5) is 17.1 Å². The number of amides is 1. The molecule has 3 heteroatoms. The Morgan fingerprint density at radius 1 is 0.905 bits per heavy atom. The van der Waals surface area contributed by atoms with Gasteiger partial charge in [-0.25, -0.2) is 0 Å². The minimum Gasteiger partial charge on any atom is -0.339 e. The molecular weight excluding hydrogens is 260 g/mol. The van der Waals surface area contributed by atoms with Crippen molar-refractivity contribution in [3.8, 4) is 0 Å². The van der Waals surface area contributed by atoms with E-state index in [9.17, 15) is 4.79 Å². The molecular formula is C18H20N2O.